The lowest BCUT2D eigenvalue weighted by Gasteiger charge is -2.19. The third-order valence-electron chi connectivity index (χ3n) is 3.00. The molecule has 0 saturated heterocycles. The predicted octanol–water partition coefficient (Wildman–Crippen LogP) is 3.34. The van der Waals surface area contributed by atoms with Crippen LogP contribution in [0.4, 0.5) is 10.5 Å². The Morgan fingerprint density at radius 1 is 1.38 bits per heavy atom. The molecule has 0 spiro atoms. The molecule has 0 N–H and O–H groups in total. The third kappa shape index (κ3) is 2.72. The normalized spacial score (nSPS) is 11.7. The molecule has 0 atom stereocenters. The van der Waals surface area contributed by atoms with Gasteiger partial charge in [0, 0.05) is 10.9 Å². The van der Waals surface area contributed by atoms with E-state index in [-0.39, 0.29) is 5.69 Å². The number of benzene rings is 1. The number of nitrogens with zero attached hydrogens (tertiary/aromatic N) is 3. The Morgan fingerprint density at radius 2 is 2.00 bits per heavy atom. The first-order valence-corrected chi connectivity index (χ1v) is 6.47. The highest BCUT2D eigenvalue weighted by Crippen LogP contribution is 2.31. The van der Waals surface area contributed by atoms with Crippen molar-refractivity contribution in [2.75, 3.05) is 0 Å². The Bertz CT molecular complexity index is 741. The molecule has 0 fully saturated rings. The number of rotatable bonds is 1. The van der Waals surface area contributed by atoms with Crippen LogP contribution in [0.25, 0.3) is 10.9 Å². The van der Waals surface area contributed by atoms with Gasteiger partial charge in [-0.25, -0.2) is 4.79 Å². The lowest BCUT2D eigenvalue weighted by atomic mass is 10.1. The first-order chi connectivity index (χ1) is 9.61. The number of nitro benzene ring substituents is 1. The number of hydrogen-bond donors (Lipinski definition) is 0. The molecule has 0 aliphatic carbocycles. The summed E-state index contributed by atoms with van der Waals surface area (Å²) in [4.78, 5) is 22.9. The number of fused-ring (bicyclic) bond motifs is 1. The van der Waals surface area contributed by atoms with E-state index in [2.05, 4.69) is 5.10 Å². The van der Waals surface area contributed by atoms with Crippen LogP contribution in [-0.2, 0) is 4.74 Å². The van der Waals surface area contributed by atoms with Gasteiger partial charge in [0.05, 0.1) is 22.2 Å². The first kappa shape index (κ1) is 15.0. The molecule has 2 rings (SSSR count). The van der Waals surface area contributed by atoms with Crippen molar-refractivity contribution in [2.45, 2.75) is 40.2 Å². The van der Waals surface area contributed by atoms with Crippen molar-refractivity contribution in [3.8, 4) is 0 Å². The monoisotopic (exact) mass is 291 g/mol. The summed E-state index contributed by atoms with van der Waals surface area (Å²) in [6.07, 6.45) is 0.849. The van der Waals surface area contributed by atoms with E-state index in [0.717, 1.165) is 4.68 Å². The van der Waals surface area contributed by atoms with Crippen LogP contribution in [0, 0.1) is 24.0 Å². The second-order valence-electron chi connectivity index (χ2n) is 5.90. The molecular weight excluding hydrogens is 274 g/mol. The van der Waals surface area contributed by atoms with E-state index in [9.17, 15) is 14.9 Å². The Labute approximate surface area is 121 Å². The number of ether oxygens (including phenoxy) is 1. The highest BCUT2D eigenvalue weighted by Gasteiger charge is 2.25. The van der Waals surface area contributed by atoms with Crippen LogP contribution in [0.15, 0.2) is 12.3 Å². The summed E-state index contributed by atoms with van der Waals surface area (Å²) in [5.41, 5.74) is 0.668. The highest BCUT2D eigenvalue weighted by molar-refractivity contribution is 5.92. The van der Waals surface area contributed by atoms with E-state index >= 15 is 0 Å². The zero-order chi connectivity index (χ0) is 15.9. The van der Waals surface area contributed by atoms with Crippen LogP contribution in [0.2, 0.25) is 0 Å². The van der Waals surface area contributed by atoms with Gasteiger partial charge in [-0.3, -0.25) is 10.1 Å². The Morgan fingerprint density at radius 3 is 2.52 bits per heavy atom. The van der Waals surface area contributed by atoms with Crippen molar-refractivity contribution in [1.82, 2.24) is 9.78 Å². The maximum atomic E-state index is 12.2. The molecule has 0 unspecified atom stereocenters. The summed E-state index contributed by atoms with van der Waals surface area (Å²) in [6, 6.07) is 1.65. The number of carbonyl (C=O) groups is 1. The zero-order valence-electron chi connectivity index (χ0n) is 12.6. The minimum absolute atomic E-state index is 0.00666. The van der Waals surface area contributed by atoms with E-state index in [0.29, 0.717) is 22.0 Å². The predicted molar refractivity (Wildman–Crippen MR) is 77.5 cm³/mol. The van der Waals surface area contributed by atoms with Gasteiger partial charge in [-0.1, -0.05) is 0 Å². The zero-order valence-corrected chi connectivity index (χ0v) is 12.6. The van der Waals surface area contributed by atoms with Crippen LogP contribution in [0.1, 0.15) is 31.9 Å². The summed E-state index contributed by atoms with van der Waals surface area (Å²) in [5.74, 6) is 0. The van der Waals surface area contributed by atoms with Crippen LogP contribution >= 0.6 is 0 Å². The van der Waals surface area contributed by atoms with Gasteiger partial charge in [0.25, 0.3) is 5.69 Å². The van der Waals surface area contributed by atoms with Crippen molar-refractivity contribution < 1.29 is 14.5 Å². The fraction of sp³-hybridized carbons (Fsp3) is 0.429. The molecule has 0 amide bonds. The molecule has 7 heteroatoms. The van der Waals surface area contributed by atoms with Crippen molar-refractivity contribution in [3.63, 3.8) is 0 Å². The fourth-order valence-corrected chi connectivity index (χ4v) is 2.28. The first-order valence-electron chi connectivity index (χ1n) is 6.47. The molecule has 1 aromatic carbocycles. The second kappa shape index (κ2) is 4.83. The van der Waals surface area contributed by atoms with E-state index in [1.165, 1.54) is 6.20 Å². The Balaban J connectivity index is 2.65. The van der Waals surface area contributed by atoms with E-state index < -0.39 is 16.6 Å². The lowest BCUT2D eigenvalue weighted by Crippen LogP contribution is -2.27. The van der Waals surface area contributed by atoms with Gasteiger partial charge < -0.3 is 4.74 Å². The number of nitro groups is 1. The average molecular weight is 291 g/mol. The third-order valence-corrected chi connectivity index (χ3v) is 3.00. The van der Waals surface area contributed by atoms with Crippen molar-refractivity contribution in [1.29, 1.82) is 0 Å². The maximum absolute atomic E-state index is 12.2. The number of hydrogen-bond acceptors (Lipinski definition) is 5. The molecule has 112 valence electrons. The van der Waals surface area contributed by atoms with Gasteiger partial charge >= 0.3 is 6.09 Å². The minimum atomic E-state index is -0.667. The molecule has 0 aliphatic rings. The summed E-state index contributed by atoms with van der Waals surface area (Å²) in [6.45, 7) is 8.51. The number of carbonyl (C=O) groups excluding carboxylic acids is 1. The van der Waals surface area contributed by atoms with Gasteiger partial charge in [-0.2, -0.15) is 9.78 Å². The van der Waals surface area contributed by atoms with Crippen LogP contribution in [0.3, 0.4) is 0 Å². The molecule has 0 bridgehead atoms. The SMILES string of the molecule is Cc1cc2cnn(C(=O)OC(C)(C)C)c2c(C)c1[N+](=O)[O-]. The highest BCUT2D eigenvalue weighted by atomic mass is 16.6. The molecule has 2 aromatic rings. The molecule has 21 heavy (non-hydrogen) atoms. The van der Waals surface area contributed by atoms with Gasteiger partial charge in [0.15, 0.2) is 0 Å². The second-order valence-corrected chi connectivity index (χ2v) is 5.90. The molecule has 7 nitrogen and oxygen atoms in total. The van der Waals surface area contributed by atoms with Gasteiger partial charge in [0.1, 0.15) is 5.60 Å². The number of aryl methyl sites for hydroxylation is 2. The molecule has 1 heterocycles. The summed E-state index contributed by atoms with van der Waals surface area (Å²) < 4.78 is 6.34. The number of aromatic nitrogens is 2. The summed E-state index contributed by atoms with van der Waals surface area (Å²) >= 11 is 0. The van der Waals surface area contributed by atoms with E-state index in [1.54, 1.807) is 40.7 Å². The lowest BCUT2D eigenvalue weighted by molar-refractivity contribution is -0.385. The van der Waals surface area contributed by atoms with Crippen LogP contribution in [-0.4, -0.2) is 26.4 Å². The Kier molecular flexibility index (Phi) is 3.44. The topological polar surface area (TPSA) is 87.3 Å². The fourth-order valence-electron chi connectivity index (χ4n) is 2.28. The van der Waals surface area contributed by atoms with E-state index in [4.69, 9.17) is 4.74 Å². The van der Waals surface area contributed by atoms with Crippen LogP contribution < -0.4 is 0 Å². The molecule has 0 saturated carbocycles. The standard InChI is InChI=1S/C14H17N3O4/c1-8-6-10-7-15-16(13(18)21-14(3,4)5)12(10)9(2)11(8)17(19)20/h6-7H,1-5H3. The largest absolute Gasteiger partial charge is 0.442 e. The molecule has 0 aliphatic heterocycles. The molecular formula is C14H17N3O4. The van der Waals surface area contributed by atoms with Crippen molar-refractivity contribution in [3.05, 3.63) is 33.5 Å². The summed E-state index contributed by atoms with van der Waals surface area (Å²) in [7, 11) is 0. The summed E-state index contributed by atoms with van der Waals surface area (Å²) in [5, 5.41) is 15.8. The minimum Gasteiger partial charge on any atom is -0.442 e. The van der Waals surface area contributed by atoms with Crippen molar-refractivity contribution >= 4 is 22.7 Å². The average Bonchev–Trinajstić information content (AvgIpc) is 2.69. The van der Waals surface area contributed by atoms with Crippen LogP contribution in [0.5, 0.6) is 0 Å². The van der Waals surface area contributed by atoms with E-state index in [1.807, 2.05) is 0 Å². The van der Waals surface area contributed by atoms with Crippen molar-refractivity contribution in [2.24, 2.45) is 0 Å². The molecule has 0 radical (unpaired) electrons. The smallest absolute Gasteiger partial charge is 0.435 e. The van der Waals surface area contributed by atoms with Gasteiger partial charge in [-0.15, -0.1) is 0 Å². The Hall–Kier alpha value is -2.44. The maximum Gasteiger partial charge on any atom is 0.435 e. The molecule has 1 aromatic heterocycles. The quantitative estimate of drug-likeness (QED) is 0.594. The van der Waals surface area contributed by atoms with Gasteiger partial charge in [-0.05, 0) is 40.7 Å². The van der Waals surface area contributed by atoms with Gasteiger partial charge in [0.2, 0.25) is 0 Å².